The van der Waals surface area contributed by atoms with Crippen LogP contribution >= 0.6 is 27.5 Å². The van der Waals surface area contributed by atoms with E-state index in [1.54, 1.807) is 0 Å². The maximum atomic E-state index is 11.5. The number of rotatable bonds is 1. The summed E-state index contributed by atoms with van der Waals surface area (Å²) in [6.45, 7) is 0.217. The molecule has 0 aromatic carbocycles. The maximum Gasteiger partial charge on any atom is 0.230 e. The van der Waals surface area contributed by atoms with Gasteiger partial charge in [0.2, 0.25) is 5.91 Å². The quantitative estimate of drug-likeness (QED) is 0.838. The summed E-state index contributed by atoms with van der Waals surface area (Å²) < 4.78 is 0.503. The molecule has 0 radical (unpaired) electrons. The fraction of sp³-hybridized carbons (Fsp3) is 0.375. The molecule has 1 aromatic heterocycles. The van der Waals surface area contributed by atoms with Gasteiger partial charge in [-0.15, -0.1) is 0 Å². The number of aliphatic hydroxyl groups is 1. The minimum Gasteiger partial charge on any atom is -0.391 e. The van der Waals surface area contributed by atoms with Gasteiger partial charge in [-0.2, -0.15) is 0 Å². The number of hydrogen-bond donors (Lipinski definition) is 1. The summed E-state index contributed by atoms with van der Waals surface area (Å²) in [5.74, 6) is 0.0995. The number of anilines is 1. The minimum absolute atomic E-state index is 0.105. The van der Waals surface area contributed by atoms with Crippen LogP contribution in [-0.2, 0) is 4.79 Å². The van der Waals surface area contributed by atoms with E-state index >= 15 is 0 Å². The van der Waals surface area contributed by atoms with Crippen LogP contribution in [0.1, 0.15) is 6.42 Å². The number of halogens is 2. The molecule has 1 N–H and O–H groups in total. The molecule has 0 aliphatic carbocycles. The van der Waals surface area contributed by atoms with Crippen molar-refractivity contribution >= 4 is 39.3 Å². The Labute approximate surface area is 99.2 Å². The normalized spacial score (nSPS) is 21.1. The summed E-state index contributed by atoms with van der Waals surface area (Å²) in [6.07, 6.45) is 0.909. The van der Waals surface area contributed by atoms with Gasteiger partial charge in [0.15, 0.2) is 11.0 Å². The van der Waals surface area contributed by atoms with Crippen LogP contribution in [0.4, 0.5) is 5.82 Å². The Kier molecular flexibility index (Phi) is 2.90. The lowest BCUT2D eigenvalue weighted by atomic mass is 10.3. The molecule has 7 heteroatoms. The van der Waals surface area contributed by atoms with E-state index < -0.39 is 6.10 Å². The number of aliphatic hydroxyl groups excluding tert-OH is 1. The Morgan fingerprint density at radius 3 is 2.93 bits per heavy atom. The van der Waals surface area contributed by atoms with E-state index in [1.807, 2.05) is 0 Å². The van der Waals surface area contributed by atoms with E-state index in [-0.39, 0.29) is 24.0 Å². The third-order valence-electron chi connectivity index (χ3n) is 2.04. The van der Waals surface area contributed by atoms with Gasteiger partial charge in [-0.05, 0) is 15.9 Å². The predicted molar refractivity (Wildman–Crippen MR) is 57.7 cm³/mol. The number of carbonyl (C=O) groups excluding carboxylic acids is 1. The van der Waals surface area contributed by atoms with Gasteiger partial charge in [0.05, 0.1) is 25.3 Å². The molecule has 1 atom stereocenters. The molecule has 1 amide bonds. The second kappa shape index (κ2) is 4.03. The molecule has 1 aliphatic heterocycles. The van der Waals surface area contributed by atoms with E-state index in [0.717, 1.165) is 0 Å². The third-order valence-corrected chi connectivity index (χ3v) is 2.68. The van der Waals surface area contributed by atoms with Gasteiger partial charge in [-0.25, -0.2) is 9.97 Å². The Bertz CT molecular complexity index is 415. The van der Waals surface area contributed by atoms with E-state index in [2.05, 4.69) is 25.9 Å². The van der Waals surface area contributed by atoms with Crippen molar-refractivity contribution in [3.8, 4) is 0 Å². The lowest BCUT2D eigenvalue weighted by Crippen LogP contribution is -2.26. The van der Waals surface area contributed by atoms with Gasteiger partial charge in [0, 0.05) is 0 Å². The van der Waals surface area contributed by atoms with Crippen LogP contribution in [0.2, 0.25) is 5.15 Å². The predicted octanol–water partition coefficient (Wildman–Crippen LogP) is 0.990. The van der Waals surface area contributed by atoms with Gasteiger partial charge in [0.1, 0.15) is 4.60 Å². The molecule has 0 spiro atoms. The van der Waals surface area contributed by atoms with Crippen LogP contribution in [0.25, 0.3) is 0 Å². The van der Waals surface area contributed by atoms with E-state index in [4.69, 9.17) is 11.6 Å². The van der Waals surface area contributed by atoms with Crippen LogP contribution in [0.15, 0.2) is 10.8 Å². The van der Waals surface area contributed by atoms with Gasteiger partial charge in [-0.3, -0.25) is 9.69 Å². The second-order valence-corrected chi connectivity index (χ2v) is 4.34. The molecule has 80 valence electrons. The molecule has 2 rings (SSSR count). The first kappa shape index (κ1) is 10.8. The number of hydrogen-bond acceptors (Lipinski definition) is 4. The van der Waals surface area contributed by atoms with Gasteiger partial charge >= 0.3 is 0 Å². The first-order valence-electron chi connectivity index (χ1n) is 4.24. The minimum atomic E-state index is -0.654. The van der Waals surface area contributed by atoms with Crippen molar-refractivity contribution in [1.82, 2.24) is 9.97 Å². The molecule has 0 saturated carbocycles. The van der Waals surface area contributed by atoms with Crippen LogP contribution in [0.5, 0.6) is 0 Å². The lowest BCUT2D eigenvalue weighted by molar-refractivity contribution is -0.117. The van der Waals surface area contributed by atoms with Crippen molar-refractivity contribution in [1.29, 1.82) is 0 Å². The monoisotopic (exact) mass is 291 g/mol. The smallest absolute Gasteiger partial charge is 0.230 e. The van der Waals surface area contributed by atoms with Crippen molar-refractivity contribution < 1.29 is 9.90 Å². The molecule has 5 nitrogen and oxygen atoms in total. The highest BCUT2D eigenvalue weighted by atomic mass is 79.9. The van der Waals surface area contributed by atoms with Gasteiger partial charge in [0.25, 0.3) is 0 Å². The van der Waals surface area contributed by atoms with Crippen molar-refractivity contribution in [2.24, 2.45) is 0 Å². The molecule has 1 aromatic rings. The van der Waals surface area contributed by atoms with Gasteiger partial charge < -0.3 is 5.11 Å². The van der Waals surface area contributed by atoms with Crippen LogP contribution in [0.3, 0.4) is 0 Å². The van der Waals surface area contributed by atoms with Crippen molar-refractivity contribution in [2.75, 3.05) is 11.4 Å². The number of nitrogens with zero attached hydrogens (tertiary/aromatic N) is 3. The Balaban J connectivity index is 2.34. The standard InChI is InChI=1S/C8H7BrClN3O2/c9-5-2-11-8(7(10)12-5)13-3-4(14)1-6(13)15/h2,4,14H,1,3H2. The zero-order valence-corrected chi connectivity index (χ0v) is 9.86. The summed E-state index contributed by atoms with van der Waals surface area (Å²) in [4.78, 5) is 20.7. The van der Waals surface area contributed by atoms with E-state index in [9.17, 15) is 9.90 Å². The SMILES string of the molecule is O=C1CC(O)CN1c1ncc(Br)nc1Cl. The number of aromatic nitrogens is 2. The van der Waals surface area contributed by atoms with Crippen molar-refractivity contribution in [3.63, 3.8) is 0 Å². The average molecular weight is 293 g/mol. The Hall–Kier alpha value is -0.720. The first-order chi connectivity index (χ1) is 7.08. The molecule has 1 fully saturated rings. The number of amides is 1. The summed E-state index contributed by atoms with van der Waals surface area (Å²) in [6, 6.07) is 0. The first-order valence-corrected chi connectivity index (χ1v) is 5.41. The summed E-state index contributed by atoms with van der Waals surface area (Å²) in [5, 5.41) is 9.46. The van der Waals surface area contributed by atoms with Crippen molar-refractivity contribution in [2.45, 2.75) is 12.5 Å². The van der Waals surface area contributed by atoms with E-state index in [1.165, 1.54) is 11.1 Å². The molecule has 2 heterocycles. The second-order valence-electron chi connectivity index (χ2n) is 3.17. The molecule has 1 unspecified atom stereocenters. The van der Waals surface area contributed by atoms with Crippen molar-refractivity contribution in [3.05, 3.63) is 16.0 Å². The molecule has 15 heavy (non-hydrogen) atoms. The highest BCUT2D eigenvalue weighted by Crippen LogP contribution is 2.26. The average Bonchev–Trinajstić information content (AvgIpc) is 2.45. The zero-order chi connectivity index (χ0) is 11.0. The van der Waals surface area contributed by atoms with Crippen LogP contribution < -0.4 is 4.90 Å². The third kappa shape index (κ3) is 2.11. The van der Waals surface area contributed by atoms with E-state index in [0.29, 0.717) is 10.4 Å². The molecule has 1 saturated heterocycles. The van der Waals surface area contributed by atoms with Crippen LogP contribution in [0, 0.1) is 0 Å². The molecule has 1 aliphatic rings. The highest BCUT2D eigenvalue weighted by Gasteiger charge is 2.31. The topological polar surface area (TPSA) is 66.3 Å². The highest BCUT2D eigenvalue weighted by molar-refractivity contribution is 9.10. The number of β-amino-alcohol motifs (C(OH)–C–C–N with tert-alkyl or cyclic N) is 1. The number of carbonyl (C=O) groups is 1. The van der Waals surface area contributed by atoms with Gasteiger partial charge in [-0.1, -0.05) is 11.6 Å². The zero-order valence-electron chi connectivity index (χ0n) is 7.52. The molecule has 0 bridgehead atoms. The van der Waals surface area contributed by atoms with Crippen LogP contribution in [-0.4, -0.2) is 33.6 Å². The lowest BCUT2D eigenvalue weighted by Gasteiger charge is -2.15. The fourth-order valence-corrected chi connectivity index (χ4v) is 2.04. The maximum absolute atomic E-state index is 11.5. The fourth-order valence-electron chi connectivity index (χ4n) is 1.41. The Morgan fingerprint density at radius 2 is 2.40 bits per heavy atom. The Morgan fingerprint density at radius 1 is 1.67 bits per heavy atom. The summed E-state index contributed by atoms with van der Waals surface area (Å²) in [7, 11) is 0. The molecular formula is C8H7BrClN3O2. The summed E-state index contributed by atoms with van der Waals surface area (Å²) in [5.41, 5.74) is 0. The molecular weight excluding hydrogens is 285 g/mol. The summed E-state index contributed by atoms with van der Waals surface area (Å²) >= 11 is 8.96. The largest absolute Gasteiger partial charge is 0.391 e.